The fraction of sp³-hybridized carbons (Fsp3) is 0.800. The van der Waals surface area contributed by atoms with Crippen molar-refractivity contribution in [3.05, 3.63) is 35.5 Å². The maximum absolute atomic E-state index is 14.5. The minimum absolute atomic E-state index is 0.00755. The van der Waals surface area contributed by atoms with Crippen molar-refractivity contribution in [2.75, 3.05) is 27.9 Å². The Labute approximate surface area is 376 Å². The standard InChI is InChI=1S/C50H79NO12/c1-30-23-31(2)25-43(60-7)46-44(61-8)27-33(4)50(58,63-46)47(55)48(56)51-22-13-12-19-38(51)49(57)62-45(32(3)26-36-20-21-39(52)42(28-36)59-6)34(5)40(53)29-41(54)37(24-30)18-14-17-35-15-10-9-11-16-35/h14,17,24,26,31,33-40,42-46,52-53,58H,9-13,15-16,18-23,25,27-29H2,1-8H3/b17-14+,30-24+,32-26+/t31-,33+,34+,36-,37+,38-,39+,40-,42+,43-,44-,45+,46+,50+/m0/s1. The Morgan fingerprint density at radius 3 is 2.17 bits per heavy atom. The topological polar surface area (TPSA) is 178 Å². The number of aliphatic hydroxyl groups excluding tert-OH is 2. The molecule has 2 saturated carbocycles. The first-order valence-electron chi connectivity index (χ1n) is 24.0. The van der Waals surface area contributed by atoms with Crippen LogP contribution in [0.15, 0.2) is 35.5 Å². The maximum atomic E-state index is 14.5. The molecule has 4 fully saturated rings. The number of Topliss-reactive ketones (excluding diaryl/α,β-unsaturated/α-hetero) is 2. The molecule has 3 heterocycles. The highest BCUT2D eigenvalue weighted by molar-refractivity contribution is 6.39. The predicted molar refractivity (Wildman–Crippen MR) is 238 cm³/mol. The second-order valence-corrected chi connectivity index (χ2v) is 19.8. The summed E-state index contributed by atoms with van der Waals surface area (Å²) in [6.07, 6.45) is 14.0. The molecule has 0 aromatic rings. The highest BCUT2D eigenvalue weighted by Crippen LogP contribution is 2.39. The smallest absolute Gasteiger partial charge is 0.329 e. The molecule has 2 aliphatic carbocycles. The number of hydrogen-bond donors (Lipinski definition) is 3. The summed E-state index contributed by atoms with van der Waals surface area (Å²) in [5.41, 5.74) is 1.67. The average Bonchev–Trinajstić information content (AvgIpc) is 3.27. The summed E-state index contributed by atoms with van der Waals surface area (Å²) in [6.45, 7) is 9.43. The van der Waals surface area contributed by atoms with Crippen LogP contribution in [0, 0.1) is 35.5 Å². The lowest BCUT2D eigenvalue weighted by atomic mass is 9.81. The van der Waals surface area contributed by atoms with Crippen LogP contribution in [0.25, 0.3) is 0 Å². The normalized spacial score (nSPS) is 40.2. The van der Waals surface area contributed by atoms with Gasteiger partial charge in [-0.2, -0.15) is 0 Å². The molecule has 3 N–H and O–H groups in total. The van der Waals surface area contributed by atoms with Gasteiger partial charge in [0.2, 0.25) is 5.79 Å². The number of piperidine rings is 1. The number of allylic oxidation sites excluding steroid dienone is 5. The average molecular weight is 886 g/mol. The van der Waals surface area contributed by atoms with Crippen molar-refractivity contribution in [1.82, 2.24) is 4.90 Å². The molecule has 356 valence electrons. The van der Waals surface area contributed by atoms with Crippen molar-refractivity contribution in [2.24, 2.45) is 35.5 Å². The number of carbonyl (C=O) groups is 4. The molecule has 5 rings (SSSR count). The lowest BCUT2D eigenvalue weighted by Gasteiger charge is -2.47. The lowest BCUT2D eigenvalue weighted by molar-refractivity contribution is -0.302. The Morgan fingerprint density at radius 1 is 0.825 bits per heavy atom. The first-order valence-corrected chi connectivity index (χ1v) is 24.0. The first-order chi connectivity index (χ1) is 30.0. The van der Waals surface area contributed by atoms with Crippen LogP contribution in [0.3, 0.4) is 0 Å². The van der Waals surface area contributed by atoms with Crippen molar-refractivity contribution >= 4 is 23.4 Å². The van der Waals surface area contributed by atoms with Crippen LogP contribution in [-0.2, 0) is 42.9 Å². The second kappa shape index (κ2) is 23.6. The van der Waals surface area contributed by atoms with Crippen LogP contribution >= 0.6 is 0 Å². The van der Waals surface area contributed by atoms with Crippen LogP contribution in [0.4, 0.5) is 0 Å². The Balaban J connectivity index is 1.54. The van der Waals surface area contributed by atoms with Crippen LogP contribution < -0.4 is 0 Å². The van der Waals surface area contributed by atoms with Crippen LogP contribution in [-0.4, -0.2) is 126 Å². The van der Waals surface area contributed by atoms with Crippen molar-refractivity contribution < 1.29 is 58.2 Å². The predicted octanol–water partition coefficient (Wildman–Crippen LogP) is 6.59. The van der Waals surface area contributed by atoms with E-state index in [1.165, 1.54) is 24.2 Å². The monoisotopic (exact) mass is 886 g/mol. The van der Waals surface area contributed by atoms with E-state index >= 15 is 0 Å². The number of nitrogens with zero attached hydrogens (tertiary/aromatic N) is 1. The second-order valence-electron chi connectivity index (χ2n) is 19.8. The molecular formula is C50H79NO12. The Morgan fingerprint density at radius 2 is 1.49 bits per heavy atom. The molecular weight excluding hydrogens is 807 g/mol. The van der Waals surface area contributed by atoms with E-state index in [1.807, 2.05) is 26.0 Å². The minimum Gasteiger partial charge on any atom is -0.456 e. The van der Waals surface area contributed by atoms with Crippen molar-refractivity contribution in [1.29, 1.82) is 0 Å². The largest absolute Gasteiger partial charge is 0.456 e. The van der Waals surface area contributed by atoms with Crippen molar-refractivity contribution in [3.63, 3.8) is 0 Å². The number of rotatable bonds is 8. The summed E-state index contributed by atoms with van der Waals surface area (Å²) in [5.74, 6) is -7.10. The molecule has 63 heavy (non-hydrogen) atoms. The summed E-state index contributed by atoms with van der Waals surface area (Å²) in [7, 11) is 4.66. The van der Waals surface area contributed by atoms with E-state index in [1.54, 1.807) is 35.2 Å². The molecule has 2 saturated heterocycles. The van der Waals surface area contributed by atoms with E-state index in [2.05, 4.69) is 19.1 Å². The Hall–Kier alpha value is -2.78. The van der Waals surface area contributed by atoms with Gasteiger partial charge >= 0.3 is 5.97 Å². The summed E-state index contributed by atoms with van der Waals surface area (Å²) >= 11 is 0. The molecule has 0 aromatic heterocycles. The van der Waals surface area contributed by atoms with Gasteiger partial charge in [-0.3, -0.25) is 14.4 Å². The minimum atomic E-state index is -2.51. The zero-order chi connectivity index (χ0) is 46.0. The third-order valence-corrected chi connectivity index (χ3v) is 14.9. The molecule has 0 aromatic carbocycles. The highest BCUT2D eigenvalue weighted by Gasteiger charge is 2.56. The SMILES string of the molecule is CO[C@H]1C[C@@H](C)C/C(C)=C/[C@@H](C/C=C/C2CCCCC2)C(=O)C[C@H](O)[C@@H](C)[C@@H](/C(C)=C/[C@@H]2CC[C@@H](O)[C@H](OC)C2)OC(=O)[C@@H]2CCCCN2C(=O)C(=O)[C@]2(O)O[C@H]1[C@@H](OC)C[C@H]2C. The fourth-order valence-corrected chi connectivity index (χ4v) is 11.0. The van der Waals surface area contributed by atoms with E-state index in [0.717, 1.165) is 18.4 Å². The lowest BCUT2D eigenvalue weighted by Crippen LogP contribution is -2.64. The number of ketones is 2. The number of ether oxygens (including phenoxy) is 5. The van der Waals surface area contributed by atoms with Crippen molar-refractivity contribution in [3.8, 4) is 0 Å². The van der Waals surface area contributed by atoms with E-state index in [9.17, 15) is 34.5 Å². The first kappa shape index (κ1) is 51.2. The number of aliphatic hydroxyl groups is 3. The van der Waals surface area contributed by atoms with E-state index in [-0.39, 0.29) is 49.5 Å². The maximum Gasteiger partial charge on any atom is 0.329 e. The zero-order valence-electron chi connectivity index (χ0n) is 39.4. The molecule has 0 unspecified atom stereocenters. The van der Waals surface area contributed by atoms with Gasteiger partial charge in [-0.15, -0.1) is 0 Å². The van der Waals surface area contributed by atoms with Gasteiger partial charge in [-0.25, -0.2) is 4.79 Å². The van der Waals surface area contributed by atoms with Crippen LogP contribution in [0.5, 0.6) is 0 Å². The molecule has 1 amide bonds. The fourth-order valence-electron chi connectivity index (χ4n) is 11.0. The number of fused-ring (bicyclic) bond motifs is 3. The Bertz CT molecular complexity index is 1640. The molecule has 13 nitrogen and oxygen atoms in total. The quantitative estimate of drug-likeness (QED) is 0.136. The molecule has 0 spiro atoms. The summed E-state index contributed by atoms with van der Waals surface area (Å²) in [4.78, 5) is 58.7. The van der Waals surface area contributed by atoms with E-state index < -0.39 is 83.9 Å². The number of esters is 1. The van der Waals surface area contributed by atoms with Gasteiger partial charge in [-0.1, -0.05) is 69.9 Å². The van der Waals surface area contributed by atoms with Gasteiger partial charge in [0, 0.05) is 52.0 Å². The van der Waals surface area contributed by atoms with E-state index in [4.69, 9.17) is 23.7 Å². The zero-order valence-corrected chi connectivity index (χ0v) is 39.4. The third-order valence-electron chi connectivity index (χ3n) is 14.9. The molecule has 3 aliphatic heterocycles. The molecule has 5 aliphatic rings. The number of methoxy groups -OCH3 is 3. The van der Waals surface area contributed by atoms with Crippen molar-refractivity contribution in [2.45, 2.75) is 192 Å². The number of cyclic esters (lactones) is 1. The molecule has 13 heteroatoms. The van der Waals surface area contributed by atoms with Gasteiger partial charge in [-0.05, 0) is 114 Å². The van der Waals surface area contributed by atoms with Gasteiger partial charge in [0.25, 0.3) is 11.7 Å². The number of amides is 1. The molecule has 14 atom stereocenters. The van der Waals surface area contributed by atoms with Crippen LogP contribution in [0.2, 0.25) is 0 Å². The van der Waals surface area contributed by atoms with Crippen LogP contribution in [0.1, 0.15) is 137 Å². The van der Waals surface area contributed by atoms with E-state index in [0.29, 0.717) is 62.9 Å². The summed E-state index contributed by atoms with van der Waals surface area (Å²) < 4.78 is 30.1. The Kier molecular flexibility index (Phi) is 19.2. The van der Waals surface area contributed by atoms with Gasteiger partial charge in [0.05, 0.1) is 30.5 Å². The highest BCUT2D eigenvalue weighted by atomic mass is 16.7. The van der Waals surface area contributed by atoms with Gasteiger partial charge in [0.1, 0.15) is 24.0 Å². The number of carbonyl (C=O) groups excluding carboxylic acids is 4. The van der Waals surface area contributed by atoms with Gasteiger partial charge < -0.3 is 43.9 Å². The molecule has 0 radical (unpaired) electrons. The summed E-state index contributed by atoms with van der Waals surface area (Å²) in [6, 6.07) is -1.14. The third kappa shape index (κ3) is 13.0. The number of hydrogen-bond acceptors (Lipinski definition) is 12. The molecule has 2 bridgehead atoms. The van der Waals surface area contributed by atoms with Gasteiger partial charge in [0.15, 0.2) is 0 Å². The summed E-state index contributed by atoms with van der Waals surface area (Å²) in [5, 5.41) is 34.6.